The van der Waals surface area contributed by atoms with Gasteiger partial charge in [-0.15, -0.1) is 0 Å². The van der Waals surface area contributed by atoms with Crippen molar-refractivity contribution in [3.8, 4) is 5.75 Å². The van der Waals surface area contributed by atoms with E-state index >= 15 is 0 Å². The van der Waals surface area contributed by atoms with E-state index in [1.807, 2.05) is 24.3 Å². The zero-order valence-electron chi connectivity index (χ0n) is 13.6. The van der Waals surface area contributed by atoms with E-state index in [-0.39, 0.29) is 0 Å². The molecule has 2 rings (SSSR count). The maximum absolute atomic E-state index is 5.27. The maximum atomic E-state index is 5.27. The Hall–Kier alpha value is -2.40. The smallest absolute Gasteiger partial charge is 0.191 e. The molecule has 2 N–H and O–H groups in total. The molecule has 0 unspecified atom stereocenters. The Bertz CT molecular complexity index is 678. The monoisotopic (exact) mass is 327 g/mol. The van der Waals surface area contributed by atoms with Crippen LogP contribution in [0.2, 0.25) is 0 Å². The van der Waals surface area contributed by atoms with E-state index in [0.717, 1.165) is 29.1 Å². The molecule has 0 bridgehead atoms. The average Bonchev–Trinajstić information content (AvgIpc) is 2.57. The largest absolute Gasteiger partial charge is 0.497 e. The molecule has 23 heavy (non-hydrogen) atoms. The van der Waals surface area contributed by atoms with Gasteiger partial charge in [0.05, 0.1) is 12.8 Å². The average molecular weight is 327 g/mol. The lowest BCUT2D eigenvalue weighted by atomic mass is 10.1. The fraction of sp³-hybridized carbons (Fsp3) is 0.222. The summed E-state index contributed by atoms with van der Waals surface area (Å²) in [7, 11) is 1.64. The summed E-state index contributed by atoms with van der Waals surface area (Å²) < 4.78 is 5.13. The van der Waals surface area contributed by atoms with Crippen LogP contribution in [-0.4, -0.2) is 17.9 Å². The molecule has 0 saturated heterocycles. The van der Waals surface area contributed by atoms with Gasteiger partial charge in [0.2, 0.25) is 0 Å². The van der Waals surface area contributed by atoms with E-state index < -0.39 is 0 Å². The van der Waals surface area contributed by atoms with E-state index in [1.54, 1.807) is 7.11 Å². The second-order valence-corrected chi connectivity index (χ2v) is 5.48. The van der Waals surface area contributed by atoms with E-state index in [2.05, 4.69) is 54.0 Å². The first-order valence-electron chi connectivity index (χ1n) is 7.47. The summed E-state index contributed by atoms with van der Waals surface area (Å²) in [4.78, 5) is 0. The second kappa shape index (κ2) is 8.29. The highest BCUT2D eigenvalue weighted by Crippen LogP contribution is 2.14. The third-order valence-electron chi connectivity index (χ3n) is 3.36. The van der Waals surface area contributed by atoms with E-state index in [1.165, 1.54) is 5.56 Å². The molecule has 0 fully saturated rings. The van der Waals surface area contributed by atoms with Crippen molar-refractivity contribution in [2.45, 2.75) is 20.3 Å². The molecule has 120 valence electrons. The van der Waals surface area contributed by atoms with Gasteiger partial charge < -0.3 is 10.1 Å². The highest BCUT2D eigenvalue weighted by Gasteiger charge is 2.02. The molecule has 0 aliphatic rings. The molecule has 4 nitrogen and oxygen atoms in total. The van der Waals surface area contributed by atoms with Gasteiger partial charge in [0.1, 0.15) is 5.75 Å². The van der Waals surface area contributed by atoms with Gasteiger partial charge >= 0.3 is 0 Å². The van der Waals surface area contributed by atoms with E-state index in [0.29, 0.717) is 5.11 Å². The van der Waals surface area contributed by atoms with Crippen LogP contribution in [0.4, 0.5) is 5.69 Å². The first-order valence-corrected chi connectivity index (χ1v) is 7.88. The van der Waals surface area contributed by atoms with Crippen molar-refractivity contribution < 1.29 is 4.74 Å². The number of anilines is 1. The van der Waals surface area contributed by atoms with E-state index in [9.17, 15) is 0 Å². The van der Waals surface area contributed by atoms with Crippen LogP contribution in [0.15, 0.2) is 53.6 Å². The van der Waals surface area contributed by atoms with Crippen LogP contribution in [0.5, 0.6) is 5.75 Å². The molecule has 0 aromatic heterocycles. The minimum Gasteiger partial charge on any atom is -0.497 e. The Morgan fingerprint density at radius 2 is 1.74 bits per heavy atom. The van der Waals surface area contributed by atoms with Crippen molar-refractivity contribution in [1.29, 1.82) is 0 Å². The lowest BCUT2D eigenvalue weighted by molar-refractivity contribution is 0.415. The van der Waals surface area contributed by atoms with E-state index in [4.69, 9.17) is 17.0 Å². The lowest BCUT2D eigenvalue weighted by Gasteiger charge is -2.10. The zero-order valence-corrected chi connectivity index (χ0v) is 14.4. The first-order chi connectivity index (χ1) is 11.1. The summed E-state index contributed by atoms with van der Waals surface area (Å²) >= 11 is 5.27. The molecule has 5 heteroatoms. The summed E-state index contributed by atoms with van der Waals surface area (Å²) in [5.41, 5.74) is 7.07. The molecule has 2 aromatic carbocycles. The summed E-state index contributed by atoms with van der Waals surface area (Å²) in [5, 5.41) is 7.95. The van der Waals surface area contributed by atoms with Gasteiger partial charge in [-0.05, 0) is 55.4 Å². The van der Waals surface area contributed by atoms with Crippen molar-refractivity contribution >= 4 is 28.7 Å². The molecule has 0 radical (unpaired) electrons. The third kappa shape index (κ3) is 5.07. The topological polar surface area (TPSA) is 45.7 Å². The van der Waals surface area contributed by atoms with Crippen LogP contribution in [0, 0.1) is 6.92 Å². The maximum Gasteiger partial charge on any atom is 0.191 e. The number of hydrazone groups is 1. The summed E-state index contributed by atoms with van der Waals surface area (Å²) in [6, 6.07) is 15.8. The van der Waals surface area contributed by atoms with Crippen LogP contribution in [0.25, 0.3) is 0 Å². The molecule has 0 saturated carbocycles. The van der Waals surface area contributed by atoms with Crippen LogP contribution in [0.3, 0.4) is 0 Å². The molecule has 0 aliphatic heterocycles. The van der Waals surface area contributed by atoms with Crippen LogP contribution in [-0.2, 0) is 0 Å². The normalized spacial score (nSPS) is 11.0. The lowest BCUT2D eigenvalue weighted by Crippen LogP contribution is -2.25. The molecular formula is C18H21N3OS. The van der Waals surface area contributed by atoms with Gasteiger partial charge in [-0.25, -0.2) is 0 Å². The van der Waals surface area contributed by atoms with Gasteiger partial charge in [-0.1, -0.05) is 36.8 Å². The number of aryl methyl sites for hydroxylation is 1. The number of hydrogen-bond donors (Lipinski definition) is 2. The number of thiocarbonyl (C=S) groups is 1. The van der Waals surface area contributed by atoms with Crippen LogP contribution >= 0.6 is 12.2 Å². The Kier molecular flexibility index (Phi) is 6.11. The van der Waals surface area contributed by atoms with Crippen molar-refractivity contribution in [2.75, 3.05) is 12.4 Å². The van der Waals surface area contributed by atoms with Gasteiger partial charge in [0.15, 0.2) is 5.11 Å². The highest BCUT2D eigenvalue weighted by molar-refractivity contribution is 7.80. The van der Waals surface area contributed by atoms with Crippen LogP contribution < -0.4 is 15.5 Å². The number of rotatable bonds is 5. The molecule has 0 aliphatic carbocycles. The fourth-order valence-electron chi connectivity index (χ4n) is 2.05. The zero-order chi connectivity index (χ0) is 16.7. The van der Waals surface area contributed by atoms with Crippen molar-refractivity contribution in [2.24, 2.45) is 5.10 Å². The molecular weight excluding hydrogens is 306 g/mol. The Labute approximate surface area is 142 Å². The second-order valence-electron chi connectivity index (χ2n) is 5.07. The number of nitrogens with zero attached hydrogens (tertiary/aromatic N) is 1. The standard InChI is InChI=1S/C18H21N3OS/c1-4-17(14-7-5-13(2)6-8-14)20-21-18(23)19-15-9-11-16(22-3)12-10-15/h5-12H,4H2,1-3H3,(H2,19,21,23)/b20-17+. The SMILES string of the molecule is CC/C(=N\NC(=S)Nc1ccc(OC)cc1)c1ccc(C)cc1. The van der Waals surface area contributed by atoms with Gasteiger partial charge in [-0.3, -0.25) is 5.43 Å². The summed E-state index contributed by atoms with van der Waals surface area (Å²) in [5.74, 6) is 0.806. The van der Waals surface area contributed by atoms with Gasteiger partial charge in [-0.2, -0.15) is 5.10 Å². The van der Waals surface area contributed by atoms with Crippen molar-refractivity contribution in [3.63, 3.8) is 0 Å². The Balaban J connectivity index is 1.98. The van der Waals surface area contributed by atoms with Crippen molar-refractivity contribution in [1.82, 2.24) is 5.43 Å². The molecule has 0 atom stereocenters. The van der Waals surface area contributed by atoms with Gasteiger partial charge in [0.25, 0.3) is 0 Å². The highest BCUT2D eigenvalue weighted by atomic mass is 32.1. The predicted octanol–water partition coefficient (Wildman–Crippen LogP) is 4.10. The van der Waals surface area contributed by atoms with Gasteiger partial charge in [0, 0.05) is 5.69 Å². The Morgan fingerprint density at radius 1 is 1.09 bits per heavy atom. The Morgan fingerprint density at radius 3 is 2.30 bits per heavy atom. The van der Waals surface area contributed by atoms with Crippen molar-refractivity contribution in [3.05, 3.63) is 59.7 Å². The number of nitrogens with one attached hydrogen (secondary N) is 2. The molecule has 2 aromatic rings. The molecule has 0 spiro atoms. The minimum absolute atomic E-state index is 0.452. The first kappa shape index (κ1) is 17.0. The fourth-order valence-corrected chi connectivity index (χ4v) is 2.21. The number of hydrogen-bond acceptors (Lipinski definition) is 3. The molecule has 0 amide bonds. The number of methoxy groups -OCH3 is 1. The number of ether oxygens (including phenoxy) is 1. The minimum atomic E-state index is 0.452. The summed E-state index contributed by atoms with van der Waals surface area (Å²) in [6.45, 7) is 4.14. The van der Waals surface area contributed by atoms with Crippen LogP contribution in [0.1, 0.15) is 24.5 Å². The molecule has 0 heterocycles. The summed E-state index contributed by atoms with van der Waals surface area (Å²) in [6.07, 6.45) is 0.821. The quantitative estimate of drug-likeness (QED) is 0.493. The third-order valence-corrected chi connectivity index (χ3v) is 3.55. The predicted molar refractivity (Wildman–Crippen MR) is 100 cm³/mol. The number of benzene rings is 2.